The van der Waals surface area contributed by atoms with E-state index >= 15 is 0 Å². The van der Waals surface area contributed by atoms with Gasteiger partial charge in [-0.25, -0.2) is 8.78 Å². The number of halogens is 3. The summed E-state index contributed by atoms with van der Waals surface area (Å²) in [6, 6.07) is 7.74. The van der Waals surface area contributed by atoms with Crippen LogP contribution in [0.3, 0.4) is 0 Å². The molecule has 0 fully saturated rings. The van der Waals surface area contributed by atoms with Gasteiger partial charge in [0, 0.05) is 15.6 Å². The standard InChI is InChI=1S/C16H14BrF2NO/c1-9-7-11(3-5-14(9)17)16(21)20-10(2)13-8-12(18)4-6-15(13)19/h3-8,10H,1-2H3,(H,20,21). The zero-order valence-corrected chi connectivity index (χ0v) is 13.2. The van der Waals surface area contributed by atoms with Crippen LogP contribution >= 0.6 is 15.9 Å². The third kappa shape index (κ3) is 3.67. The lowest BCUT2D eigenvalue weighted by Gasteiger charge is -2.15. The molecular formula is C16H14BrF2NO. The van der Waals surface area contributed by atoms with E-state index in [2.05, 4.69) is 21.2 Å². The highest BCUT2D eigenvalue weighted by atomic mass is 79.9. The van der Waals surface area contributed by atoms with Gasteiger partial charge in [0.1, 0.15) is 11.6 Å². The van der Waals surface area contributed by atoms with Crippen LogP contribution in [0.5, 0.6) is 0 Å². The molecule has 0 heterocycles. The van der Waals surface area contributed by atoms with Crippen LogP contribution in [0.25, 0.3) is 0 Å². The van der Waals surface area contributed by atoms with Crippen LogP contribution < -0.4 is 5.32 Å². The number of rotatable bonds is 3. The second-order valence-electron chi connectivity index (χ2n) is 4.82. The van der Waals surface area contributed by atoms with Crippen molar-refractivity contribution in [3.63, 3.8) is 0 Å². The van der Waals surface area contributed by atoms with Crippen LogP contribution in [-0.4, -0.2) is 5.91 Å². The number of hydrogen-bond acceptors (Lipinski definition) is 1. The number of hydrogen-bond donors (Lipinski definition) is 1. The van der Waals surface area contributed by atoms with E-state index in [9.17, 15) is 13.6 Å². The fourth-order valence-corrected chi connectivity index (χ4v) is 2.24. The van der Waals surface area contributed by atoms with Crippen molar-refractivity contribution in [1.29, 1.82) is 0 Å². The first-order chi connectivity index (χ1) is 9.88. The molecule has 0 aliphatic heterocycles. The van der Waals surface area contributed by atoms with Gasteiger partial charge in [-0.2, -0.15) is 0 Å². The van der Waals surface area contributed by atoms with E-state index in [-0.39, 0.29) is 11.5 Å². The van der Waals surface area contributed by atoms with Crippen LogP contribution in [0, 0.1) is 18.6 Å². The Morgan fingerprint density at radius 3 is 2.57 bits per heavy atom. The Morgan fingerprint density at radius 2 is 1.90 bits per heavy atom. The van der Waals surface area contributed by atoms with Gasteiger partial charge >= 0.3 is 0 Å². The number of nitrogens with one attached hydrogen (secondary N) is 1. The van der Waals surface area contributed by atoms with E-state index < -0.39 is 17.7 Å². The summed E-state index contributed by atoms with van der Waals surface area (Å²) in [6.07, 6.45) is 0. The van der Waals surface area contributed by atoms with Crippen molar-refractivity contribution in [1.82, 2.24) is 5.32 Å². The smallest absolute Gasteiger partial charge is 0.251 e. The maximum Gasteiger partial charge on any atom is 0.251 e. The van der Waals surface area contributed by atoms with Crippen LogP contribution in [0.2, 0.25) is 0 Å². The minimum atomic E-state index is -0.628. The Morgan fingerprint density at radius 1 is 1.19 bits per heavy atom. The van der Waals surface area contributed by atoms with E-state index in [1.54, 1.807) is 25.1 Å². The molecule has 2 rings (SSSR count). The zero-order chi connectivity index (χ0) is 15.6. The average Bonchev–Trinajstić information content (AvgIpc) is 2.44. The van der Waals surface area contributed by atoms with Crippen molar-refractivity contribution in [2.24, 2.45) is 0 Å². The van der Waals surface area contributed by atoms with Gasteiger partial charge in [-0.15, -0.1) is 0 Å². The minimum absolute atomic E-state index is 0.122. The molecule has 1 N–H and O–H groups in total. The Balaban J connectivity index is 2.18. The number of amides is 1. The molecule has 0 saturated carbocycles. The van der Waals surface area contributed by atoms with Crippen molar-refractivity contribution in [2.75, 3.05) is 0 Å². The van der Waals surface area contributed by atoms with E-state index in [0.29, 0.717) is 5.56 Å². The largest absolute Gasteiger partial charge is 0.345 e. The van der Waals surface area contributed by atoms with E-state index in [1.807, 2.05) is 6.92 Å². The summed E-state index contributed by atoms with van der Waals surface area (Å²) >= 11 is 3.36. The summed E-state index contributed by atoms with van der Waals surface area (Å²) in [7, 11) is 0. The molecule has 0 spiro atoms. The Bertz CT molecular complexity index is 688. The van der Waals surface area contributed by atoms with Crippen LogP contribution in [0.1, 0.15) is 34.5 Å². The lowest BCUT2D eigenvalue weighted by molar-refractivity contribution is 0.0939. The first-order valence-electron chi connectivity index (χ1n) is 6.40. The van der Waals surface area contributed by atoms with Crippen molar-refractivity contribution in [3.8, 4) is 0 Å². The molecule has 0 aromatic heterocycles. The molecule has 1 atom stereocenters. The molecule has 0 bridgehead atoms. The maximum atomic E-state index is 13.7. The molecule has 21 heavy (non-hydrogen) atoms. The maximum absolute atomic E-state index is 13.7. The monoisotopic (exact) mass is 353 g/mol. The molecule has 0 saturated heterocycles. The Labute approximate surface area is 130 Å². The van der Waals surface area contributed by atoms with Crippen LogP contribution in [0.4, 0.5) is 8.78 Å². The van der Waals surface area contributed by atoms with Crippen molar-refractivity contribution in [2.45, 2.75) is 19.9 Å². The third-order valence-corrected chi connectivity index (χ3v) is 4.08. The van der Waals surface area contributed by atoms with Gasteiger partial charge in [0.2, 0.25) is 0 Å². The third-order valence-electron chi connectivity index (χ3n) is 3.19. The molecule has 2 nitrogen and oxygen atoms in total. The number of benzene rings is 2. The quantitative estimate of drug-likeness (QED) is 0.862. The highest BCUT2D eigenvalue weighted by Gasteiger charge is 2.16. The van der Waals surface area contributed by atoms with Gasteiger partial charge in [0.05, 0.1) is 6.04 Å². The van der Waals surface area contributed by atoms with Crippen molar-refractivity contribution < 1.29 is 13.6 Å². The topological polar surface area (TPSA) is 29.1 Å². The molecule has 110 valence electrons. The summed E-state index contributed by atoms with van der Waals surface area (Å²) in [5.41, 5.74) is 1.52. The average molecular weight is 354 g/mol. The lowest BCUT2D eigenvalue weighted by Crippen LogP contribution is -2.27. The fraction of sp³-hybridized carbons (Fsp3) is 0.188. The molecule has 1 unspecified atom stereocenters. The highest BCUT2D eigenvalue weighted by Crippen LogP contribution is 2.20. The zero-order valence-electron chi connectivity index (χ0n) is 11.6. The molecule has 2 aromatic rings. The van der Waals surface area contributed by atoms with Gasteiger partial charge in [-0.1, -0.05) is 15.9 Å². The fourth-order valence-electron chi connectivity index (χ4n) is 1.99. The molecule has 0 aliphatic rings. The van der Waals surface area contributed by atoms with E-state index in [4.69, 9.17) is 0 Å². The van der Waals surface area contributed by atoms with Gasteiger partial charge < -0.3 is 5.32 Å². The summed E-state index contributed by atoms with van der Waals surface area (Å²) in [4.78, 5) is 12.1. The number of aryl methyl sites for hydroxylation is 1. The molecule has 1 amide bonds. The van der Waals surface area contributed by atoms with Gasteiger partial charge in [0.15, 0.2) is 0 Å². The first-order valence-corrected chi connectivity index (χ1v) is 7.19. The number of carbonyl (C=O) groups excluding carboxylic acids is 1. The predicted molar refractivity (Wildman–Crippen MR) is 81.1 cm³/mol. The Kier molecular flexibility index (Phi) is 4.73. The molecular weight excluding hydrogens is 340 g/mol. The first kappa shape index (κ1) is 15.6. The summed E-state index contributed by atoms with van der Waals surface area (Å²) in [5.74, 6) is -1.41. The van der Waals surface area contributed by atoms with E-state index in [0.717, 1.165) is 28.2 Å². The highest BCUT2D eigenvalue weighted by molar-refractivity contribution is 9.10. The summed E-state index contributed by atoms with van der Waals surface area (Å²) < 4.78 is 27.8. The SMILES string of the molecule is Cc1cc(C(=O)NC(C)c2cc(F)ccc2F)ccc1Br. The molecule has 2 aromatic carbocycles. The summed E-state index contributed by atoms with van der Waals surface area (Å²) in [6.45, 7) is 3.48. The minimum Gasteiger partial charge on any atom is -0.345 e. The summed E-state index contributed by atoms with van der Waals surface area (Å²) in [5, 5.41) is 2.67. The second-order valence-corrected chi connectivity index (χ2v) is 5.68. The van der Waals surface area contributed by atoms with Gasteiger partial charge in [-0.05, 0) is 55.8 Å². The lowest BCUT2D eigenvalue weighted by atomic mass is 10.1. The van der Waals surface area contributed by atoms with Crippen molar-refractivity contribution in [3.05, 3.63) is 69.2 Å². The van der Waals surface area contributed by atoms with Crippen LogP contribution in [0.15, 0.2) is 40.9 Å². The number of carbonyl (C=O) groups is 1. The second kappa shape index (κ2) is 6.35. The van der Waals surface area contributed by atoms with Crippen molar-refractivity contribution >= 4 is 21.8 Å². The van der Waals surface area contributed by atoms with E-state index in [1.165, 1.54) is 0 Å². The Hall–Kier alpha value is -1.75. The van der Waals surface area contributed by atoms with Gasteiger partial charge in [-0.3, -0.25) is 4.79 Å². The van der Waals surface area contributed by atoms with Crippen LogP contribution in [-0.2, 0) is 0 Å². The molecule has 5 heteroatoms. The normalized spacial score (nSPS) is 12.0. The predicted octanol–water partition coefficient (Wildman–Crippen LogP) is 4.53. The molecule has 0 aliphatic carbocycles. The molecule has 0 radical (unpaired) electrons. The van der Waals surface area contributed by atoms with Gasteiger partial charge in [0.25, 0.3) is 5.91 Å².